The maximum absolute atomic E-state index is 13.0. The van der Waals surface area contributed by atoms with Gasteiger partial charge in [0, 0.05) is 25.7 Å². The number of phosphoric ester groups is 2. The number of rotatable bonds is 63. The zero-order valence-electron chi connectivity index (χ0n) is 55.3. The number of aliphatic hydroxyl groups excluding tert-OH is 1. The van der Waals surface area contributed by atoms with Crippen molar-refractivity contribution in [1.29, 1.82) is 0 Å². The third-order valence-corrected chi connectivity index (χ3v) is 16.7. The first-order valence-electron chi connectivity index (χ1n) is 34.2. The molecule has 0 aromatic heterocycles. The fraction of sp³-hybridized carbons (Fsp3) is 0.881. The quantitative estimate of drug-likeness (QED) is 0.0169. The average Bonchev–Trinajstić information content (AvgIpc) is 3.60. The van der Waals surface area contributed by atoms with E-state index >= 15 is 0 Å². The molecule has 0 fully saturated rings. The highest BCUT2D eigenvalue weighted by Gasteiger charge is 2.30. The number of hydrogen-bond acceptors (Lipinski definition) is 15. The third kappa shape index (κ3) is 60.5. The average molecular weight is 1270 g/mol. The van der Waals surface area contributed by atoms with E-state index in [9.17, 15) is 43.2 Å². The first kappa shape index (κ1) is 83.5. The van der Waals surface area contributed by atoms with Crippen molar-refractivity contribution in [3.63, 3.8) is 0 Å². The molecule has 0 spiro atoms. The molecule has 0 heterocycles. The van der Waals surface area contributed by atoms with Gasteiger partial charge in [-0.15, -0.1) is 0 Å². The zero-order chi connectivity index (χ0) is 63.8. The Morgan fingerprint density at radius 1 is 0.360 bits per heavy atom. The van der Waals surface area contributed by atoms with E-state index in [1.165, 1.54) is 89.9 Å². The van der Waals surface area contributed by atoms with Crippen LogP contribution in [-0.4, -0.2) is 96.7 Å². The summed E-state index contributed by atoms with van der Waals surface area (Å²) in [5.41, 5.74) is 0. The van der Waals surface area contributed by atoms with Crippen LogP contribution in [0.4, 0.5) is 0 Å². The third-order valence-electron chi connectivity index (χ3n) is 14.8. The van der Waals surface area contributed by atoms with Gasteiger partial charge in [-0.3, -0.25) is 37.3 Å². The Hall–Kier alpha value is -2.46. The largest absolute Gasteiger partial charge is 0.472 e. The minimum atomic E-state index is -4.96. The molecule has 0 saturated carbocycles. The summed E-state index contributed by atoms with van der Waals surface area (Å²) < 4.78 is 68.0. The lowest BCUT2D eigenvalue weighted by molar-refractivity contribution is -0.161. The van der Waals surface area contributed by atoms with Crippen molar-refractivity contribution in [2.45, 2.75) is 324 Å². The number of hydrogen-bond donors (Lipinski definition) is 3. The molecule has 86 heavy (non-hydrogen) atoms. The molecular weight excluding hydrogens is 1140 g/mol. The Morgan fingerprint density at radius 3 is 0.942 bits per heavy atom. The summed E-state index contributed by atoms with van der Waals surface area (Å²) in [6, 6.07) is 0. The van der Waals surface area contributed by atoms with Crippen molar-refractivity contribution >= 4 is 39.5 Å². The van der Waals surface area contributed by atoms with E-state index in [-0.39, 0.29) is 25.7 Å². The van der Waals surface area contributed by atoms with Crippen LogP contribution in [0.15, 0.2) is 24.3 Å². The molecule has 0 aromatic rings. The van der Waals surface area contributed by atoms with Gasteiger partial charge in [0.15, 0.2) is 12.2 Å². The fourth-order valence-electron chi connectivity index (χ4n) is 9.47. The van der Waals surface area contributed by atoms with Crippen LogP contribution in [0.1, 0.15) is 305 Å². The first-order chi connectivity index (χ1) is 41.2. The molecule has 0 aromatic carbocycles. The fourth-order valence-corrected chi connectivity index (χ4v) is 11.0. The summed E-state index contributed by atoms with van der Waals surface area (Å²) in [4.78, 5) is 72.3. The van der Waals surface area contributed by atoms with E-state index in [4.69, 9.17) is 37.0 Å². The maximum Gasteiger partial charge on any atom is 0.472 e. The Labute approximate surface area is 522 Å². The normalized spacial score (nSPS) is 14.5. The van der Waals surface area contributed by atoms with Gasteiger partial charge in [-0.05, 0) is 69.1 Å². The minimum Gasteiger partial charge on any atom is -0.462 e. The summed E-state index contributed by atoms with van der Waals surface area (Å²) in [5.74, 6) is -0.0511. The van der Waals surface area contributed by atoms with E-state index < -0.39 is 97.5 Å². The van der Waals surface area contributed by atoms with Crippen LogP contribution in [0.5, 0.6) is 0 Å². The van der Waals surface area contributed by atoms with Crippen LogP contribution in [0.2, 0.25) is 0 Å². The van der Waals surface area contributed by atoms with Crippen molar-refractivity contribution < 1.29 is 80.2 Å². The molecular formula is C67H126O17P2. The molecule has 0 saturated heterocycles. The number of phosphoric acid groups is 2. The van der Waals surface area contributed by atoms with Gasteiger partial charge >= 0.3 is 39.5 Å². The molecule has 0 aliphatic rings. The number of allylic oxidation sites excluding steroid dienone is 4. The van der Waals surface area contributed by atoms with Crippen molar-refractivity contribution in [3.8, 4) is 0 Å². The van der Waals surface area contributed by atoms with Gasteiger partial charge in [-0.25, -0.2) is 9.13 Å². The van der Waals surface area contributed by atoms with Gasteiger partial charge in [0.25, 0.3) is 0 Å². The van der Waals surface area contributed by atoms with Crippen LogP contribution in [0, 0.1) is 17.8 Å². The number of unbranched alkanes of at least 4 members (excludes halogenated alkanes) is 28. The summed E-state index contributed by atoms with van der Waals surface area (Å²) >= 11 is 0. The highest BCUT2D eigenvalue weighted by molar-refractivity contribution is 7.47. The molecule has 0 radical (unpaired) electrons. The van der Waals surface area contributed by atoms with Crippen molar-refractivity contribution in [2.24, 2.45) is 17.8 Å². The van der Waals surface area contributed by atoms with Crippen LogP contribution in [0.25, 0.3) is 0 Å². The molecule has 0 bridgehead atoms. The molecule has 2 unspecified atom stereocenters. The Bertz CT molecular complexity index is 1790. The van der Waals surface area contributed by atoms with Crippen LogP contribution >= 0.6 is 15.6 Å². The van der Waals surface area contributed by atoms with Gasteiger partial charge in [-0.2, -0.15) is 0 Å². The van der Waals surface area contributed by atoms with Crippen LogP contribution < -0.4 is 0 Å². The van der Waals surface area contributed by atoms with Gasteiger partial charge in [0.1, 0.15) is 19.3 Å². The zero-order valence-corrected chi connectivity index (χ0v) is 57.0. The number of esters is 4. The van der Waals surface area contributed by atoms with Crippen molar-refractivity contribution in [1.82, 2.24) is 0 Å². The SMILES string of the molecule is CCCCCC/C=C\C=C/CCCCCCCC(=O)O[C@H](COC(=O)CCCCCCCCCC(C)C)COP(=O)(O)OC[C@@H](O)COP(=O)(O)OC[C@@H](COC(=O)CCCCCCCCC(C)C)OC(=O)CCCCCCCCCCCC(C)C. The molecule has 0 rings (SSSR count). The van der Waals surface area contributed by atoms with Crippen LogP contribution in [-0.2, 0) is 65.4 Å². The molecule has 0 aliphatic heterocycles. The number of ether oxygens (including phenoxy) is 4. The second-order valence-electron chi connectivity index (χ2n) is 25.0. The van der Waals surface area contributed by atoms with E-state index in [1.807, 2.05) is 0 Å². The first-order valence-corrected chi connectivity index (χ1v) is 37.2. The molecule has 0 amide bonds. The highest BCUT2D eigenvalue weighted by atomic mass is 31.2. The number of aliphatic hydroxyl groups is 1. The molecule has 0 aliphatic carbocycles. The minimum absolute atomic E-state index is 0.0835. The van der Waals surface area contributed by atoms with Gasteiger partial charge in [0.2, 0.25) is 0 Å². The topological polar surface area (TPSA) is 237 Å². The number of carbonyl (C=O) groups is 4. The highest BCUT2D eigenvalue weighted by Crippen LogP contribution is 2.45. The Kier molecular flexibility index (Phi) is 56.0. The molecule has 19 heteroatoms. The second kappa shape index (κ2) is 57.7. The summed E-state index contributed by atoms with van der Waals surface area (Å²) in [7, 11) is -9.91. The van der Waals surface area contributed by atoms with Gasteiger partial charge in [-0.1, -0.05) is 253 Å². The summed E-state index contributed by atoms with van der Waals surface area (Å²) in [5, 5.41) is 10.5. The van der Waals surface area contributed by atoms with Crippen LogP contribution in [0.3, 0.4) is 0 Å². The molecule has 17 nitrogen and oxygen atoms in total. The van der Waals surface area contributed by atoms with E-state index in [2.05, 4.69) is 72.8 Å². The lowest BCUT2D eigenvalue weighted by Gasteiger charge is -2.21. The molecule has 5 atom stereocenters. The lowest BCUT2D eigenvalue weighted by atomic mass is 10.0. The maximum atomic E-state index is 13.0. The van der Waals surface area contributed by atoms with Crippen molar-refractivity contribution in [2.75, 3.05) is 39.6 Å². The summed E-state index contributed by atoms with van der Waals surface area (Å²) in [6.45, 7) is 11.6. The Balaban J connectivity index is 5.28. The number of carbonyl (C=O) groups excluding carboxylic acids is 4. The lowest BCUT2D eigenvalue weighted by Crippen LogP contribution is -2.30. The monoisotopic (exact) mass is 1260 g/mol. The second-order valence-corrected chi connectivity index (χ2v) is 27.9. The van der Waals surface area contributed by atoms with Crippen molar-refractivity contribution in [3.05, 3.63) is 24.3 Å². The summed E-state index contributed by atoms with van der Waals surface area (Å²) in [6.07, 6.45) is 42.8. The Morgan fingerprint density at radius 2 is 0.628 bits per heavy atom. The van der Waals surface area contributed by atoms with E-state index in [0.29, 0.717) is 37.5 Å². The van der Waals surface area contributed by atoms with E-state index in [1.54, 1.807) is 0 Å². The van der Waals surface area contributed by atoms with Gasteiger partial charge in [0.05, 0.1) is 26.4 Å². The molecule has 3 N–H and O–H groups in total. The predicted molar refractivity (Wildman–Crippen MR) is 344 cm³/mol. The smallest absolute Gasteiger partial charge is 0.462 e. The molecule has 506 valence electrons. The van der Waals surface area contributed by atoms with Gasteiger partial charge < -0.3 is 33.8 Å². The standard InChI is InChI=1S/C67H126O17P2/c1-8-9-10-11-12-13-14-15-16-17-18-21-26-36-43-50-66(71)83-62(54-77-64(69)48-41-34-28-23-25-32-39-46-59(4)5)56-81-85(73,74)79-52-61(68)53-80-86(75,76)82-57-63(55-78-65(70)49-42-35-30-29-33-40-47-60(6)7)84-67(72)51-44-37-27-22-19-20-24-31-38-45-58(2)3/h13-16,58-63,68H,8-12,17-57H2,1-7H3,(H,73,74)(H,75,76)/b14-13-,16-15-/t61-,62-,63-/m1/s1. The van der Waals surface area contributed by atoms with E-state index in [0.717, 1.165) is 121 Å². The predicted octanol–water partition coefficient (Wildman–Crippen LogP) is 18.2.